The monoisotopic (exact) mass is 276 g/mol. The molecule has 5 heteroatoms. The van der Waals surface area contributed by atoms with Crippen molar-refractivity contribution in [2.24, 2.45) is 0 Å². The van der Waals surface area contributed by atoms with Crippen LogP contribution in [0.25, 0.3) is 0 Å². The number of rotatable bonds is 5. The summed E-state index contributed by atoms with van der Waals surface area (Å²) in [7, 11) is 1.58. The van der Waals surface area contributed by atoms with Crippen molar-refractivity contribution in [1.29, 1.82) is 0 Å². The van der Waals surface area contributed by atoms with Gasteiger partial charge in [-0.15, -0.1) is 11.3 Å². The Labute approximate surface area is 116 Å². The Kier molecular flexibility index (Phi) is 4.41. The van der Waals surface area contributed by atoms with Gasteiger partial charge in [0.15, 0.2) is 0 Å². The van der Waals surface area contributed by atoms with Crippen molar-refractivity contribution in [3.63, 3.8) is 0 Å². The number of ether oxygens (including phenoxy) is 1. The van der Waals surface area contributed by atoms with Crippen LogP contribution in [-0.4, -0.2) is 13.0 Å². The van der Waals surface area contributed by atoms with Crippen molar-refractivity contribution in [2.75, 3.05) is 12.8 Å². The minimum Gasteiger partial charge on any atom is -0.495 e. The molecule has 0 aliphatic heterocycles. The van der Waals surface area contributed by atoms with Gasteiger partial charge < -0.3 is 15.8 Å². The molecule has 0 aliphatic rings. The van der Waals surface area contributed by atoms with Crippen LogP contribution < -0.4 is 15.8 Å². The Morgan fingerprint density at radius 1 is 1.42 bits per heavy atom. The maximum atomic E-state index is 11.7. The van der Waals surface area contributed by atoms with Crippen molar-refractivity contribution >= 4 is 22.9 Å². The third-order valence-corrected chi connectivity index (χ3v) is 3.58. The molecule has 100 valence electrons. The normalized spacial score (nSPS) is 10.2. The first-order valence-electron chi connectivity index (χ1n) is 5.90. The highest BCUT2D eigenvalue weighted by atomic mass is 32.1. The molecule has 0 atom stereocenters. The van der Waals surface area contributed by atoms with Crippen molar-refractivity contribution < 1.29 is 9.53 Å². The number of benzene rings is 1. The van der Waals surface area contributed by atoms with Gasteiger partial charge in [0.1, 0.15) is 5.75 Å². The molecule has 4 nitrogen and oxygen atoms in total. The fourth-order valence-electron chi connectivity index (χ4n) is 1.73. The fourth-order valence-corrected chi connectivity index (χ4v) is 2.43. The molecule has 0 spiro atoms. The van der Waals surface area contributed by atoms with E-state index < -0.39 is 0 Å². The zero-order valence-electron chi connectivity index (χ0n) is 10.7. The van der Waals surface area contributed by atoms with Gasteiger partial charge in [-0.05, 0) is 29.1 Å². The van der Waals surface area contributed by atoms with Crippen molar-refractivity contribution in [2.45, 2.75) is 13.0 Å². The first-order valence-corrected chi connectivity index (χ1v) is 6.78. The number of nitrogens with one attached hydrogen (secondary N) is 1. The molecule has 1 heterocycles. The van der Waals surface area contributed by atoms with E-state index in [2.05, 4.69) is 5.32 Å². The molecule has 1 aromatic heterocycles. The second kappa shape index (κ2) is 6.24. The van der Waals surface area contributed by atoms with Crippen LogP contribution in [0.5, 0.6) is 5.75 Å². The number of carbonyl (C=O) groups is 1. The maximum Gasteiger partial charge on any atom is 0.225 e. The van der Waals surface area contributed by atoms with Crippen molar-refractivity contribution in [3.05, 3.63) is 46.2 Å². The Morgan fingerprint density at radius 2 is 2.26 bits per heavy atom. The summed E-state index contributed by atoms with van der Waals surface area (Å²) in [6.45, 7) is 0.471. The number of nitrogen functional groups attached to an aromatic ring is 1. The highest BCUT2D eigenvalue weighted by Gasteiger charge is 2.05. The number of anilines is 1. The van der Waals surface area contributed by atoms with Crippen LogP contribution in [0.4, 0.5) is 5.69 Å². The van der Waals surface area contributed by atoms with Gasteiger partial charge in [0.25, 0.3) is 0 Å². The van der Waals surface area contributed by atoms with E-state index in [1.807, 2.05) is 29.6 Å². The van der Waals surface area contributed by atoms with E-state index in [1.165, 1.54) is 0 Å². The van der Waals surface area contributed by atoms with E-state index in [4.69, 9.17) is 10.5 Å². The number of carbonyl (C=O) groups excluding carboxylic acids is 1. The van der Waals surface area contributed by atoms with Gasteiger partial charge in [-0.3, -0.25) is 4.79 Å². The Balaban J connectivity index is 1.88. The van der Waals surface area contributed by atoms with E-state index in [0.29, 0.717) is 24.4 Å². The predicted molar refractivity (Wildman–Crippen MR) is 77.3 cm³/mol. The Morgan fingerprint density at radius 3 is 2.89 bits per heavy atom. The molecule has 2 rings (SSSR count). The quantitative estimate of drug-likeness (QED) is 0.823. The first kappa shape index (κ1) is 13.4. The third-order valence-electron chi connectivity index (χ3n) is 2.70. The Hall–Kier alpha value is -2.01. The largest absolute Gasteiger partial charge is 0.495 e. The van der Waals surface area contributed by atoms with Gasteiger partial charge in [-0.2, -0.15) is 0 Å². The van der Waals surface area contributed by atoms with Gasteiger partial charge in [-0.1, -0.05) is 12.1 Å². The Bertz CT molecular complexity index is 553. The molecule has 0 saturated carbocycles. The molecule has 0 bridgehead atoms. The molecule has 0 aliphatic carbocycles. The zero-order chi connectivity index (χ0) is 13.7. The van der Waals surface area contributed by atoms with Gasteiger partial charge in [0.2, 0.25) is 5.91 Å². The smallest absolute Gasteiger partial charge is 0.225 e. The molecule has 0 saturated heterocycles. The van der Waals surface area contributed by atoms with Gasteiger partial charge >= 0.3 is 0 Å². The number of methoxy groups -OCH3 is 1. The summed E-state index contributed by atoms with van der Waals surface area (Å²) in [5.74, 6) is 0.658. The lowest BCUT2D eigenvalue weighted by molar-refractivity contribution is -0.120. The second-order valence-corrected chi connectivity index (χ2v) is 5.14. The topological polar surface area (TPSA) is 64.3 Å². The molecule has 2 aromatic rings. The van der Waals surface area contributed by atoms with Crippen LogP contribution in [0.3, 0.4) is 0 Å². The summed E-state index contributed by atoms with van der Waals surface area (Å²) < 4.78 is 5.08. The van der Waals surface area contributed by atoms with Gasteiger partial charge in [0.05, 0.1) is 19.2 Å². The predicted octanol–water partition coefficient (Wildman–Crippen LogP) is 2.20. The molecule has 19 heavy (non-hydrogen) atoms. The summed E-state index contributed by atoms with van der Waals surface area (Å²) in [6, 6.07) is 9.40. The molecule has 1 amide bonds. The fraction of sp³-hybridized carbons (Fsp3) is 0.214. The summed E-state index contributed by atoms with van der Waals surface area (Å²) in [5, 5.41) is 4.84. The van der Waals surface area contributed by atoms with Crippen LogP contribution in [0.15, 0.2) is 35.7 Å². The molecule has 0 fully saturated rings. The number of hydrogen-bond acceptors (Lipinski definition) is 4. The lowest BCUT2D eigenvalue weighted by Gasteiger charge is -2.08. The molecule has 3 N–H and O–H groups in total. The zero-order valence-corrected chi connectivity index (χ0v) is 11.5. The van der Waals surface area contributed by atoms with Gasteiger partial charge in [0, 0.05) is 11.4 Å². The number of nitrogens with two attached hydrogens (primary N) is 1. The standard InChI is InChI=1S/C14H16N2O2S/c1-18-13-5-4-10(7-12(13)15)9-16-14(17)8-11-3-2-6-19-11/h2-7H,8-9,15H2,1H3,(H,16,17). The highest BCUT2D eigenvalue weighted by molar-refractivity contribution is 7.10. The second-order valence-electron chi connectivity index (χ2n) is 4.11. The minimum absolute atomic E-state index is 0.0110. The van der Waals surface area contributed by atoms with E-state index >= 15 is 0 Å². The summed E-state index contributed by atoms with van der Waals surface area (Å²) in [5.41, 5.74) is 7.34. The minimum atomic E-state index is 0.0110. The average Bonchev–Trinajstić information content (AvgIpc) is 2.89. The molecule has 0 radical (unpaired) electrons. The van der Waals surface area contributed by atoms with Crippen LogP contribution >= 0.6 is 11.3 Å². The first-order chi connectivity index (χ1) is 9.19. The molecule has 1 aromatic carbocycles. The number of amides is 1. The summed E-state index contributed by atoms with van der Waals surface area (Å²) in [4.78, 5) is 12.8. The average molecular weight is 276 g/mol. The number of thiophene rings is 1. The third kappa shape index (κ3) is 3.72. The highest BCUT2D eigenvalue weighted by Crippen LogP contribution is 2.21. The van der Waals surface area contributed by atoms with Crippen LogP contribution in [0.2, 0.25) is 0 Å². The summed E-state index contributed by atoms with van der Waals surface area (Å²) >= 11 is 1.58. The SMILES string of the molecule is COc1ccc(CNC(=O)Cc2cccs2)cc1N. The number of hydrogen-bond donors (Lipinski definition) is 2. The maximum absolute atomic E-state index is 11.7. The molecule has 0 unspecified atom stereocenters. The van der Waals surface area contributed by atoms with Gasteiger partial charge in [-0.25, -0.2) is 0 Å². The van der Waals surface area contributed by atoms with E-state index in [0.717, 1.165) is 10.4 Å². The van der Waals surface area contributed by atoms with E-state index in [-0.39, 0.29) is 5.91 Å². The molecular weight excluding hydrogens is 260 g/mol. The van der Waals surface area contributed by atoms with Crippen molar-refractivity contribution in [3.8, 4) is 5.75 Å². The van der Waals surface area contributed by atoms with E-state index in [1.54, 1.807) is 24.5 Å². The van der Waals surface area contributed by atoms with Crippen LogP contribution in [0, 0.1) is 0 Å². The molecular formula is C14H16N2O2S. The van der Waals surface area contributed by atoms with Crippen LogP contribution in [-0.2, 0) is 17.8 Å². The summed E-state index contributed by atoms with van der Waals surface area (Å²) in [6.07, 6.45) is 0.420. The lowest BCUT2D eigenvalue weighted by atomic mass is 10.2. The van der Waals surface area contributed by atoms with Crippen molar-refractivity contribution in [1.82, 2.24) is 5.32 Å². The van der Waals surface area contributed by atoms with E-state index in [9.17, 15) is 4.79 Å². The lowest BCUT2D eigenvalue weighted by Crippen LogP contribution is -2.24. The van der Waals surface area contributed by atoms with Crippen LogP contribution in [0.1, 0.15) is 10.4 Å².